The third kappa shape index (κ3) is 5.16. The molecule has 0 spiro atoms. The van der Waals surface area contributed by atoms with Crippen LogP contribution in [-0.2, 0) is 0 Å². The average Bonchev–Trinajstić information content (AvgIpc) is 2.52. The smallest absolute Gasteiger partial charge is 0.118 e. The van der Waals surface area contributed by atoms with Gasteiger partial charge in [-0.2, -0.15) is 0 Å². The lowest BCUT2D eigenvalue weighted by Crippen LogP contribution is -2.36. The number of hydrogen-bond acceptors (Lipinski definition) is 3. The maximum absolute atomic E-state index is 5.18. The molecule has 2 atom stereocenters. The molecule has 1 aromatic carbocycles. The molecular weight excluding hydrogens is 260 g/mol. The number of aliphatic imine (C=N–C) groups is 1. The van der Waals surface area contributed by atoms with Gasteiger partial charge in [-0.3, -0.25) is 4.99 Å². The molecule has 1 aliphatic rings. The van der Waals surface area contributed by atoms with E-state index in [1.807, 2.05) is 18.3 Å². The summed E-state index contributed by atoms with van der Waals surface area (Å²) in [5.41, 5.74) is 1.15. The minimum atomic E-state index is 0.465. The number of ether oxygens (including phenoxy) is 1. The van der Waals surface area contributed by atoms with Crippen LogP contribution in [-0.4, -0.2) is 32.0 Å². The fourth-order valence-electron chi connectivity index (χ4n) is 2.88. The van der Waals surface area contributed by atoms with Gasteiger partial charge >= 0.3 is 0 Å². The molecule has 0 saturated heterocycles. The summed E-state index contributed by atoms with van der Waals surface area (Å²) in [7, 11) is 1.69. The summed E-state index contributed by atoms with van der Waals surface area (Å²) in [5, 5.41) is 3.57. The molecule has 1 aromatic rings. The van der Waals surface area contributed by atoms with Gasteiger partial charge in [0.15, 0.2) is 0 Å². The number of benzene rings is 1. The summed E-state index contributed by atoms with van der Waals surface area (Å²) >= 11 is 0. The predicted molar refractivity (Wildman–Crippen MR) is 89.5 cm³/mol. The van der Waals surface area contributed by atoms with Crippen LogP contribution in [0.15, 0.2) is 29.3 Å². The van der Waals surface area contributed by atoms with Crippen LogP contribution in [0.2, 0.25) is 0 Å². The van der Waals surface area contributed by atoms with Gasteiger partial charge in [0.1, 0.15) is 5.75 Å². The quantitative estimate of drug-likeness (QED) is 0.810. The van der Waals surface area contributed by atoms with E-state index in [4.69, 9.17) is 9.73 Å². The first kappa shape index (κ1) is 16.0. The van der Waals surface area contributed by atoms with Crippen LogP contribution in [0.3, 0.4) is 0 Å². The SMILES string of the molecule is COc1ccc(C=N[C@@H]2CCCC[C@@H]2CNC(C)C)cc1. The Morgan fingerprint density at radius 2 is 1.95 bits per heavy atom. The zero-order valence-electron chi connectivity index (χ0n) is 13.5. The topological polar surface area (TPSA) is 33.6 Å². The van der Waals surface area contributed by atoms with E-state index in [0.29, 0.717) is 18.0 Å². The number of nitrogens with one attached hydrogen (secondary N) is 1. The number of rotatable bonds is 6. The normalized spacial score (nSPS) is 22.9. The third-order valence-corrected chi connectivity index (χ3v) is 4.19. The molecule has 116 valence electrons. The molecule has 3 nitrogen and oxygen atoms in total. The van der Waals surface area contributed by atoms with Gasteiger partial charge in [-0.05, 0) is 48.6 Å². The Hall–Kier alpha value is -1.35. The molecule has 0 heterocycles. The third-order valence-electron chi connectivity index (χ3n) is 4.19. The van der Waals surface area contributed by atoms with Crippen molar-refractivity contribution >= 4 is 6.21 Å². The highest BCUT2D eigenvalue weighted by molar-refractivity contribution is 5.79. The molecule has 0 bridgehead atoms. The molecule has 1 aliphatic carbocycles. The molecule has 0 unspecified atom stereocenters. The van der Waals surface area contributed by atoms with Crippen molar-refractivity contribution in [1.82, 2.24) is 5.32 Å². The van der Waals surface area contributed by atoms with Gasteiger partial charge in [0.05, 0.1) is 13.2 Å². The van der Waals surface area contributed by atoms with Crippen molar-refractivity contribution in [3.05, 3.63) is 29.8 Å². The van der Waals surface area contributed by atoms with Crippen LogP contribution >= 0.6 is 0 Å². The Morgan fingerprint density at radius 3 is 2.62 bits per heavy atom. The molecule has 21 heavy (non-hydrogen) atoms. The second-order valence-corrected chi connectivity index (χ2v) is 6.23. The summed E-state index contributed by atoms with van der Waals surface area (Å²) in [4.78, 5) is 4.86. The van der Waals surface area contributed by atoms with Crippen LogP contribution in [0.1, 0.15) is 45.1 Å². The fraction of sp³-hybridized carbons (Fsp3) is 0.611. The van der Waals surface area contributed by atoms with Crippen molar-refractivity contribution in [2.24, 2.45) is 10.9 Å². The van der Waals surface area contributed by atoms with Gasteiger partial charge in [0.25, 0.3) is 0 Å². The lowest BCUT2D eigenvalue weighted by Gasteiger charge is -2.29. The van der Waals surface area contributed by atoms with E-state index in [9.17, 15) is 0 Å². The van der Waals surface area contributed by atoms with Gasteiger partial charge < -0.3 is 10.1 Å². The Bertz CT molecular complexity index is 439. The first-order chi connectivity index (χ1) is 10.2. The summed E-state index contributed by atoms with van der Waals surface area (Å²) in [5.74, 6) is 1.57. The number of methoxy groups -OCH3 is 1. The van der Waals surface area contributed by atoms with Crippen molar-refractivity contribution in [1.29, 1.82) is 0 Å². The summed E-state index contributed by atoms with van der Waals surface area (Å²) in [6, 6.07) is 9.12. The van der Waals surface area contributed by atoms with E-state index in [2.05, 4.69) is 31.3 Å². The van der Waals surface area contributed by atoms with E-state index < -0.39 is 0 Å². The van der Waals surface area contributed by atoms with Crippen LogP contribution in [0, 0.1) is 5.92 Å². The van der Waals surface area contributed by atoms with Gasteiger partial charge in [0.2, 0.25) is 0 Å². The molecule has 2 rings (SSSR count). The number of hydrogen-bond donors (Lipinski definition) is 1. The zero-order chi connectivity index (χ0) is 15.1. The zero-order valence-corrected chi connectivity index (χ0v) is 13.5. The molecule has 3 heteroatoms. The lowest BCUT2D eigenvalue weighted by molar-refractivity contribution is 0.293. The van der Waals surface area contributed by atoms with Crippen LogP contribution in [0.4, 0.5) is 0 Å². The van der Waals surface area contributed by atoms with Gasteiger partial charge in [-0.1, -0.05) is 26.7 Å². The Morgan fingerprint density at radius 1 is 1.24 bits per heavy atom. The van der Waals surface area contributed by atoms with Crippen molar-refractivity contribution < 1.29 is 4.74 Å². The van der Waals surface area contributed by atoms with Crippen molar-refractivity contribution in [3.63, 3.8) is 0 Å². The second kappa shape index (κ2) is 8.18. The highest BCUT2D eigenvalue weighted by Gasteiger charge is 2.23. The molecule has 0 aliphatic heterocycles. The van der Waals surface area contributed by atoms with Crippen LogP contribution in [0.25, 0.3) is 0 Å². The highest BCUT2D eigenvalue weighted by atomic mass is 16.5. The Kier molecular flexibility index (Phi) is 6.24. The maximum atomic E-state index is 5.18. The largest absolute Gasteiger partial charge is 0.497 e. The minimum Gasteiger partial charge on any atom is -0.497 e. The average molecular weight is 288 g/mol. The second-order valence-electron chi connectivity index (χ2n) is 6.23. The minimum absolute atomic E-state index is 0.465. The summed E-state index contributed by atoms with van der Waals surface area (Å²) in [6.45, 7) is 5.50. The lowest BCUT2D eigenvalue weighted by atomic mass is 9.84. The van der Waals surface area contributed by atoms with Crippen molar-refractivity contribution in [2.75, 3.05) is 13.7 Å². The summed E-state index contributed by atoms with van der Waals surface area (Å²) in [6.07, 6.45) is 7.20. The monoisotopic (exact) mass is 288 g/mol. The molecule has 1 N–H and O–H groups in total. The molecule has 1 saturated carbocycles. The molecule has 0 radical (unpaired) electrons. The molecule has 1 fully saturated rings. The van der Waals surface area contributed by atoms with Gasteiger partial charge in [0, 0.05) is 18.8 Å². The molecule has 0 amide bonds. The maximum Gasteiger partial charge on any atom is 0.118 e. The van der Waals surface area contributed by atoms with E-state index in [-0.39, 0.29) is 0 Å². The molecular formula is C18H28N2O. The standard InChI is InChI=1S/C18H28N2O/c1-14(2)19-13-16-6-4-5-7-18(16)20-12-15-8-10-17(21-3)11-9-15/h8-12,14,16,18-19H,4-7,13H2,1-3H3/t16-,18-/m1/s1. The highest BCUT2D eigenvalue weighted by Crippen LogP contribution is 2.26. The first-order valence-corrected chi connectivity index (χ1v) is 8.09. The predicted octanol–water partition coefficient (Wildman–Crippen LogP) is 3.67. The van der Waals surface area contributed by atoms with E-state index >= 15 is 0 Å². The van der Waals surface area contributed by atoms with Gasteiger partial charge in [-0.15, -0.1) is 0 Å². The summed E-state index contributed by atoms with van der Waals surface area (Å²) < 4.78 is 5.18. The molecule has 0 aromatic heterocycles. The fourth-order valence-corrected chi connectivity index (χ4v) is 2.88. The van der Waals surface area contributed by atoms with Crippen LogP contribution < -0.4 is 10.1 Å². The van der Waals surface area contributed by atoms with E-state index in [1.54, 1.807) is 7.11 Å². The first-order valence-electron chi connectivity index (χ1n) is 8.09. The Balaban J connectivity index is 1.95. The van der Waals surface area contributed by atoms with E-state index in [0.717, 1.165) is 17.9 Å². The van der Waals surface area contributed by atoms with Crippen molar-refractivity contribution in [2.45, 2.75) is 51.6 Å². The van der Waals surface area contributed by atoms with E-state index in [1.165, 1.54) is 25.7 Å². The van der Waals surface area contributed by atoms with Crippen molar-refractivity contribution in [3.8, 4) is 5.75 Å². The van der Waals surface area contributed by atoms with Crippen LogP contribution in [0.5, 0.6) is 5.75 Å². The Labute approximate surface area is 128 Å². The number of nitrogens with zero attached hydrogens (tertiary/aromatic N) is 1. The van der Waals surface area contributed by atoms with Gasteiger partial charge in [-0.25, -0.2) is 0 Å².